The van der Waals surface area contributed by atoms with Gasteiger partial charge in [0.05, 0.1) is 19.1 Å². The fourth-order valence-corrected chi connectivity index (χ4v) is 4.52. The van der Waals surface area contributed by atoms with Crippen LogP contribution in [0.4, 0.5) is 5.69 Å². The largest absolute Gasteiger partial charge is 0.497 e. The molecule has 0 fully saturated rings. The van der Waals surface area contributed by atoms with Crippen LogP contribution in [0.3, 0.4) is 0 Å². The van der Waals surface area contributed by atoms with Crippen molar-refractivity contribution in [2.75, 3.05) is 32.7 Å². The van der Waals surface area contributed by atoms with Gasteiger partial charge in [0, 0.05) is 24.4 Å². The van der Waals surface area contributed by atoms with E-state index in [1.807, 2.05) is 42.5 Å². The molecule has 0 spiro atoms. The molecule has 3 aromatic rings. The maximum atomic E-state index is 13.7. The van der Waals surface area contributed by atoms with Gasteiger partial charge in [-0.2, -0.15) is 0 Å². The number of amides is 2. The first-order valence-electron chi connectivity index (χ1n) is 10.8. The summed E-state index contributed by atoms with van der Waals surface area (Å²) in [6, 6.07) is 19.6. The minimum absolute atomic E-state index is 0.116. The lowest BCUT2D eigenvalue weighted by Gasteiger charge is -2.39. The number of benzene rings is 3. The first kappa shape index (κ1) is 20.9. The molecule has 7 nitrogen and oxygen atoms in total. The molecular weight excluding hydrogens is 420 g/mol. The summed E-state index contributed by atoms with van der Waals surface area (Å²) >= 11 is 0. The Balaban J connectivity index is 1.54. The quantitative estimate of drug-likeness (QED) is 0.658. The summed E-state index contributed by atoms with van der Waals surface area (Å²) in [6.45, 7) is 0.967. The van der Waals surface area contributed by atoms with E-state index in [9.17, 15) is 9.59 Å². The molecule has 3 aromatic carbocycles. The van der Waals surface area contributed by atoms with Gasteiger partial charge >= 0.3 is 0 Å². The molecule has 0 aromatic heterocycles. The van der Waals surface area contributed by atoms with Crippen LogP contribution in [0.5, 0.6) is 17.2 Å². The van der Waals surface area contributed by atoms with Gasteiger partial charge in [0.25, 0.3) is 5.91 Å². The van der Waals surface area contributed by atoms with E-state index in [1.54, 1.807) is 43.3 Å². The number of nitrogens with one attached hydrogen (secondary N) is 1. The minimum atomic E-state index is -0.606. The Morgan fingerprint density at radius 3 is 2.48 bits per heavy atom. The number of hydrogen-bond acceptors (Lipinski definition) is 5. The van der Waals surface area contributed by atoms with Gasteiger partial charge in [-0.3, -0.25) is 9.59 Å². The van der Waals surface area contributed by atoms with Gasteiger partial charge in [0.1, 0.15) is 19.0 Å². The Labute approximate surface area is 191 Å². The van der Waals surface area contributed by atoms with Crippen LogP contribution in [0.2, 0.25) is 0 Å². The molecule has 2 atom stereocenters. The molecule has 5 rings (SSSR count). The van der Waals surface area contributed by atoms with Gasteiger partial charge in [-0.05, 0) is 41.5 Å². The molecule has 0 radical (unpaired) electrons. The molecule has 0 bridgehead atoms. The highest BCUT2D eigenvalue weighted by molar-refractivity contribution is 6.04. The summed E-state index contributed by atoms with van der Waals surface area (Å²) in [4.78, 5) is 28.5. The number of carbonyl (C=O) groups is 2. The highest BCUT2D eigenvalue weighted by Gasteiger charge is 2.42. The van der Waals surface area contributed by atoms with Gasteiger partial charge in [-0.15, -0.1) is 0 Å². The van der Waals surface area contributed by atoms with Crippen LogP contribution in [-0.4, -0.2) is 44.1 Å². The number of methoxy groups -OCH3 is 1. The average Bonchev–Trinajstić information content (AvgIpc) is 2.86. The Morgan fingerprint density at radius 1 is 1.00 bits per heavy atom. The molecule has 7 heteroatoms. The highest BCUT2D eigenvalue weighted by Crippen LogP contribution is 2.43. The lowest BCUT2D eigenvalue weighted by atomic mass is 9.79. The number of anilines is 1. The van der Waals surface area contributed by atoms with E-state index in [2.05, 4.69) is 5.32 Å². The van der Waals surface area contributed by atoms with Crippen molar-refractivity contribution in [3.05, 3.63) is 83.4 Å². The molecule has 1 N–H and O–H groups in total. The number of rotatable bonds is 4. The van der Waals surface area contributed by atoms with Gasteiger partial charge in [0.2, 0.25) is 5.91 Å². The molecule has 33 heavy (non-hydrogen) atoms. The van der Waals surface area contributed by atoms with Crippen molar-refractivity contribution in [2.24, 2.45) is 0 Å². The standard InChI is InChI=1S/C26H24N2O5/c1-28-24(16-7-10-18(31-2)11-8-16)23(19-5-3-4-6-20(19)26(28)30)25(29)27-17-9-12-21-22(15-17)33-14-13-32-21/h3-12,15,23-24H,13-14H2,1-2H3,(H,27,29)/t23-,24+/m1/s1. The number of carbonyl (C=O) groups excluding carboxylic acids is 2. The molecule has 2 aliphatic rings. The number of likely N-dealkylation sites (N-methyl/N-ethyl adjacent to an activating group) is 1. The predicted molar refractivity (Wildman–Crippen MR) is 123 cm³/mol. The Kier molecular flexibility index (Phi) is 5.38. The van der Waals surface area contributed by atoms with E-state index in [1.165, 1.54) is 0 Å². The summed E-state index contributed by atoms with van der Waals surface area (Å²) in [5.74, 6) is 1.03. The van der Waals surface area contributed by atoms with Gasteiger partial charge in [-0.1, -0.05) is 30.3 Å². The van der Waals surface area contributed by atoms with Crippen LogP contribution in [0.15, 0.2) is 66.7 Å². The maximum Gasteiger partial charge on any atom is 0.254 e. The number of nitrogens with zero attached hydrogens (tertiary/aromatic N) is 1. The molecule has 0 aliphatic carbocycles. The topological polar surface area (TPSA) is 77.1 Å². The zero-order chi connectivity index (χ0) is 22.9. The van der Waals surface area contributed by atoms with Crippen molar-refractivity contribution >= 4 is 17.5 Å². The summed E-state index contributed by atoms with van der Waals surface area (Å²) in [7, 11) is 3.34. The minimum Gasteiger partial charge on any atom is -0.497 e. The number of fused-ring (bicyclic) bond motifs is 2. The van der Waals surface area contributed by atoms with Gasteiger partial charge in [-0.25, -0.2) is 0 Å². The fraction of sp³-hybridized carbons (Fsp3) is 0.231. The second-order valence-electron chi connectivity index (χ2n) is 8.05. The number of ether oxygens (including phenoxy) is 3. The second kappa shape index (κ2) is 8.50. The van der Waals surface area contributed by atoms with Crippen molar-refractivity contribution in [3.8, 4) is 17.2 Å². The van der Waals surface area contributed by atoms with E-state index >= 15 is 0 Å². The van der Waals surface area contributed by atoms with Crippen LogP contribution in [-0.2, 0) is 4.79 Å². The molecule has 0 saturated carbocycles. The van der Waals surface area contributed by atoms with Gasteiger partial charge < -0.3 is 24.4 Å². The van der Waals surface area contributed by atoms with E-state index in [-0.39, 0.29) is 11.8 Å². The summed E-state index contributed by atoms with van der Waals surface area (Å²) < 4.78 is 16.5. The Bertz CT molecular complexity index is 1210. The molecule has 2 amide bonds. The lowest BCUT2D eigenvalue weighted by Crippen LogP contribution is -2.44. The third kappa shape index (κ3) is 3.75. The molecule has 2 heterocycles. The summed E-state index contributed by atoms with van der Waals surface area (Å²) in [5.41, 5.74) is 2.70. The smallest absolute Gasteiger partial charge is 0.254 e. The van der Waals surface area contributed by atoms with E-state index < -0.39 is 12.0 Å². The Morgan fingerprint density at radius 2 is 1.73 bits per heavy atom. The Hall–Kier alpha value is -4.00. The van der Waals surface area contributed by atoms with Crippen molar-refractivity contribution in [1.82, 2.24) is 4.90 Å². The van der Waals surface area contributed by atoms with Crippen LogP contribution in [0.25, 0.3) is 0 Å². The van der Waals surface area contributed by atoms with Crippen molar-refractivity contribution < 1.29 is 23.8 Å². The molecule has 0 saturated heterocycles. The zero-order valence-corrected chi connectivity index (χ0v) is 18.4. The van der Waals surface area contributed by atoms with Crippen molar-refractivity contribution in [2.45, 2.75) is 12.0 Å². The van der Waals surface area contributed by atoms with E-state index in [4.69, 9.17) is 14.2 Å². The van der Waals surface area contributed by atoms with Crippen molar-refractivity contribution in [3.63, 3.8) is 0 Å². The van der Waals surface area contributed by atoms with Crippen LogP contribution < -0.4 is 19.5 Å². The summed E-state index contributed by atoms with van der Waals surface area (Å²) in [5, 5.41) is 3.02. The van der Waals surface area contributed by atoms with Crippen molar-refractivity contribution in [1.29, 1.82) is 0 Å². The molecule has 168 valence electrons. The van der Waals surface area contributed by atoms with E-state index in [0.717, 1.165) is 5.56 Å². The average molecular weight is 444 g/mol. The van der Waals surface area contributed by atoms with Crippen LogP contribution >= 0.6 is 0 Å². The zero-order valence-electron chi connectivity index (χ0n) is 18.4. The third-order valence-electron chi connectivity index (χ3n) is 6.13. The first-order valence-corrected chi connectivity index (χ1v) is 10.8. The highest BCUT2D eigenvalue weighted by atomic mass is 16.6. The monoisotopic (exact) mass is 444 g/mol. The second-order valence-corrected chi connectivity index (χ2v) is 8.05. The predicted octanol–water partition coefficient (Wildman–Crippen LogP) is 4.02. The third-order valence-corrected chi connectivity index (χ3v) is 6.13. The molecular formula is C26H24N2O5. The molecule has 2 aliphatic heterocycles. The lowest BCUT2D eigenvalue weighted by molar-refractivity contribution is -0.119. The van der Waals surface area contributed by atoms with Crippen LogP contribution in [0, 0.1) is 0 Å². The maximum absolute atomic E-state index is 13.7. The fourth-order valence-electron chi connectivity index (χ4n) is 4.52. The van der Waals surface area contributed by atoms with E-state index in [0.29, 0.717) is 47.3 Å². The van der Waals surface area contributed by atoms with Crippen LogP contribution in [0.1, 0.15) is 33.4 Å². The first-order chi connectivity index (χ1) is 16.1. The summed E-state index contributed by atoms with van der Waals surface area (Å²) in [6.07, 6.45) is 0. The normalized spacial score (nSPS) is 19.0. The SMILES string of the molecule is COc1ccc([C@H]2[C@H](C(=O)Nc3ccc4c(c3)OCCO4)c3ccccc3C(=O)N2C)cc1. The van der Waals surface area contributed by atoms with Gasteiger partial charge in [0.15, 0.2) is 11.5 Å². The number of hydrogen-bond donors (Lipinski definition) is 1. The molecule has 0 unspecified atom stereocenters.